The van der Waals surface area contributed by atoms with E-state index in [1.165, 1.54) is 0 Å². The molecule has 1 amide bonds. The number of ether oxygens (including phenoxy) is 1. The van der Waals surface area contributed by atoms with E-state index in [0.717, 1.165) is 22.3 Å². The molecule has 3 aromatic carbocycles. The lowest BCUT2D eigenvalue weighted by Crippen LogP contribution is -2.14. The monoisotopic (exact) mass is 438 g/mol. The minimum atomic E-state index is -0.189. The van der Waals surface area contributed by atoms with Crippen LogP contribution in [0.25, 0.3) is 11.3 Å². The van der Waals surface area contributed by atoms with Crippen LogP contribution in [0.2, 0.25) is 0 Å². The molecule has 5 N–H and O–H groups in total. The molecule has 0 aliphatic rings. The van der Waals surface area contributed by atoms with Gasteiger partial charge < -0.3 is 21.5 Å². The lowest BCUT2D eigenvalue weighted by atomic mass is 9.99. The van der Waals surface area contributed by atoms with Crippen LogP contribution in [0.15, 0.2) is 84.9 Å². The van der Waals surface area contributed by atoms with Gasteiger partial charge in [-0.3, -0.25) is 4.79 Å². The van der Waals surface area contributed by atoms with Gasteiger partial charge in [0, 0.05) is 16.8 Å². The van der Waals surface area contributed by atoms with E-state index in [4.69, 9.17) is 16.2 Å². The van der Waals surface area contributed by atoms with E-state index in [2.05, 4.69) is 10.3 Å². The number of nitrogens with one attached hydrogen (secondary N) is 1. The number of rotatable bonds is 7. The van der Waals surface area contributed by atoms with Gasteiger partial charge >= 0.3 is 0 Å². The molecule has 0 aliphatic carbocycles. The van der Waals surface area contributed by atoms with Crippen LogP contribution in [0, 0.1) is 6.92 Å². The SMILES string of the molecule is Cc1c(C(=O)Nc2ccc(COCc3ccccc3)cc2)cccc1-c1ccc(N)c(N)n1. The molecule has 33 heavy (non-hydrogen) atoms. The van der Waals surface area contributed by atoms with Crippen molar-refractivity contribution in [1.82, 2.24) is 4.98 Å². The highest BCUT2D eigenvalue weighted by atomic mass is 16.5. The molecule has 0 spiro atoms. The summed E-state index contributed by atoms with van der Waals surface area (Å²) in [7, 11) is 0. The van der Waals surface area contributed by atoms with E-state index in [1.54, 1.807) is 18.2 Å². The number of anilines is 3. The number of nitrogen functional groups attached to an aromatic ring is 2. The number of hydrogen-bond acceptors (Lipinski definition) is 5. The quantitative estimate of drug-likeness (QED) is 0.368. The number of pyridine rings is 1. The Balaban J connectivity index is 1.41. The van der Waals surface area contributed by atoms with Crippen molar-refractivity contribution >= 4 is 23.1 Å². The van der Waals surface area contributed by atoms with Gasteiger partial charge in [-0.2, -0.15) is 0 Å². The minimum Gasteiger partial charge on any atom is -0.396 e. The number of benzene rings is 3. The second kappa shape index (κ2) is 9.97. The van der Waals surface area contributed by atoms with Gasteiger partial charge in [0.1, 0.15) is 5.82 Å². The molecule has 0 atom stereocenters. The predicted molar refractivity (Wildman–Crippen MR) is 133 cm³/mol. The predicted octanol–water partition coefficient (Wildman–Crippen LogP) is 5.19. The van der Waals surface area contributed by atoms with Gasteiger partial charge in [0.2, 0.25) is 0 Å². The number of amides is 1. The van der Waals surface area contributed by atoms with Crippen molar-refractivity contribution in [3.63, 3.8) is 0 Å². The molecule has 0 fully saturated rings. The summed E-state index contributed by atoms with van der Waals surface area (Å²) in [5, 5.41) is 2.96. The Morgan fingerprint density at radius 2 is 1.55 bits per heavy atom. The third-order valence-corrected chi connectivity index (χ3v) is 5.40. The van der Waals surface area contributed by atoms with Gasteiger partial charge in [0.25, 0.3) is 5.91 Å². The molecule has 0 bridgehead atoms. The molecule has 1 heterocycles. The zero-order valence-corrected chi connectivity index (χ0v) is 18.4. The van der Waals surface area contributed by atoms with Gasteiger partial charge in [-0.05, 0) is 53.9 Å². The molecule has 0 saturated heterocycles. The average molecular weight is 439 g/mol. The molecule has 6 nitrogen and oxygen atoms in total. The number of hydrogen-bond donors (Lipinski definition) is 3. The maximum absolute atomic E-state index is 13.0. The smallest absolute Gasteiger partial charge is 0.255 e. The molecule has 0 aliphatic heterocycles. The van der Waals surface area contributed by atoms with E-state index in [9.17, 15) is 4.79 Å². The molecule has 6 heteroatoms. The Labute approximate surface area is 193 Å². The van der Waals surface area contributed by atoms with Gasteiger partial charge in [-0.15, -0.1) is 0 Å². The Morgan fingerprint density at radius 1 is 0.848 bits per heavy atom. The van der Waals surface area contributed by atoms with E-state index in [1.807, 2.05) is 73.7 Å². The third kappa shape index (κ3) is 5.37. The first-order chi connectivity index (χ1) is 16.0. The highest BCUT2D eigenvalue weighted by Crippen LogP contribution is 2.27. The molecule has 4 rings (SSSR count). The first-order valence-electron chi connectivity index (χ1n) is 10.6. The van der Waals surface area contributed by atoms with Crippen LogP contribution < -0.4 is 16.8 Å². The molecule has 4 aromatic rings. The lowest BCUT2D eigenvalue weighted by molar-refractivity contribution is 0.102. The van der Waals surface area contributed by atoms with Crippen molar-refractivity contribution in [3.8, 4) is 11.3 Å². The molecular formula is C27H26N4O2. The Hall–Kier alpha value is -4.16. The van der Waals surface area contributed by atoms with E-state index in [-0.39, 0.29) is 11.7 Å². The fourth-order valence-corrected chi connectivity index (χ4v) is 3.54. The summed E-state index contributed by atoms with van der Waals surface area (Å²) in [5.74, 6) is 0.0837. The second-order valence-electron chi connectivity index (χ2n) is 7.78. The maximum atomic E-state index is 13.0. The Morgan fingerprint density at radius 3 is 2.24 bits per heavy atom. The zero-order valence-electron chi connectivity index (χ0n) is 18.4. The summed E-state index contributed by atoms with van der Waals surface area (Å²) < 4.78 is 5.77. The summed E-state index contributed by atoms with van der Waals surface area (Å²) in [6.45, 7) is 2.96. The fraction of sp³-hybridized carbons (Fsp3) is 0.111. The lowest BCUT2D eigenvalue weighted by Gasteiger charge is -2.13. The maximum Gasteiger partial charge on any atom is 0.255 e. The molecule has 166 valence electrons. The van der Waals surface area contributed by atoms with Crippen molar-refractivity contribution in [2.45, 2.75) is 20.1 Å². The van der Waals surface area contributed by atoms with Gasteiger partial charge in [0.15, 0.2) is 0 Å². The molecule has 0 unspecified atom stereocenters. The Kier molecular flexibility index (Phi) is 6.66. The number of carbonyl (C=O) groups is 1. The van der Waals surface area contributed by atoms with Gasteiger partial charge in [-0.25, -0.2) is 4.98 Å². The van der Waals surface area contributed by atoms with Gasteiger partial charge in [0.05, 0.1) is 24.6 Å². The third-order valence-electron chi connectivity index (χ3n) is 5.40. The standard InChI is InChI=1S/C27H26N4O2/c1-18-22(25-15-14-24(28)26(29)31-25)8-5-9-23(18)27(32)30-21-12-10-20(11-13-21)17-33-16-19-6-3-2-4-7-19/h2-15H,16-17,28H2,1H3,(H2,29,31)(H,30,32). The topological polar surface area (TPSA) is 103 Å². The van der Waals surface area contributed by atoms with Crippen molar-refractivity contribution in [3.05, 3.63) is 107 Å². The zero-order chi connectivity index (χ0) is 23.2. The highest BCUT2D eigenvalue weighted by Gasteiger charge is 2.14. The van der Waals surface area contributed by atoms with Crippen LogP contribution in [0.1, 0.15) is 27.0 Å². The molecular weight excluding hydrogens is 412 g/mol. The van der Waals surface area contributed by atoms with Crippen LogP contribution in [0.4, 0.5) is 17.2 Å². The molecule has 0 radical (unpaired) electrons. The first kappa shape index (κ1) is 22.0. The minimum absolute atomic E-state index is 0.189. The van der Waals surface area contributed by atoms with Crippen molar-refractivity contribution in [2.75, 3.05) is 16.8 Å². The van der Waals surface area contributed by atoms with E-state index >= 15 is 0 Å². The van der Waals surface area contributed by atoms with Crippen molar-refractivity contribution < 1.29 is 9.53 Å². The number of nitrogens with zero attached hydrogens (tertiary/aromatic N) is 1. The first-order valence-corrected chi connectivity index (χ1v) is 10.6. The molecule has 0 saturated carbocycles. The van der Waals surface area contributed by atoms with Gasteiger partial charge in [-0.1, -0.05) is 54.6 Å². The Bertz CT molecular complexity index is 1260. The van der Waals surface area contributed by atoms with E-state index < -0.39 is 0 Å². The average Bonchev–Trinajstić information content (AvgIpc) is 2.83. The van der Waals surface area contributed by atoms with Crippen molar-refractivity contribution in [2.24, 2.45) is 0 Å². The highest BCUT2D eigenvalue weighted by molar-refractivity contribution is 6.06. The van der Waals surface area contributed by atoms with Crippen LogP contribution >= 0.6 is 0 Å². The van der Waals surface area contributed by atoms with Crippen LogP contribution in [-0.2, 0) is 18.0 Å². The largest absolute Gasteiger partial charge is 0.396 e. The molecule has 1 aromatic heterocycles. The fourth-order valence-electron chi connectivity index (χ4n) is 3.54. The number of nitrogens with two attached hydrogens (primary N) is 2. The number of aromatic nitrogens is 1. The second-order valence-corrected chi connectivity index (χ2v) is 7.78. The van der Waals surface area contributed by atoms with Crippen LogP contribution in [-0.4, -0.2) is 10.9 Å². The van der Waals surface area contributed by atoms with E-state index in [0.29, 0.717) is 35.8 Å². The van der Waals surface area contributed by atoms with Crippen LogP contribution in [0.5, 0.6) is 0 Å². The number of carbonyl (C=O) groups excluding carboxylic acids is 1. The van der Waals surface area contributed by atoms with Crippen molar-refractivity contribution in [1.29, 1.82) is 0 Å². The summed E-state index contributed by atoms with van der Waals surface area (Å²) in [6.07, 6.45) is 0. The summed E-state index contributed by atoms with van der Waals surface area (Å²) in [5.41, 5.74) is 17.8. The summed E-state index contributed by atoms with van der Waals surface area (Å²) in [4.78, 5) is 17.3. The summed E-state index contributed by atoms with van der Waals surface area (Å²) in [6, 6.07) is 26.7. The summed E-state index contributed by atoms with van der Waals surface area (Å²) >= 11 is 0. The van der Waals surface area contributed by atoms with Crippen LogP contribution in [0.3, 0.4) is 0 Å². The normalized spacial score (nSPS) is 10.7.